The molecule has 1 amide bonds. The minimum absolute atomic E-state index is 0.0742. The van der Waals surface area contributed by atoms with Gasteiger partial charge in [-0.1, -0.05) is 0 Å². The highest BCUT2D eigenvalue weighted by molar-refractivity contribution is 7.92. The Bertz CT molecular complexity index is 1750. The first kappa shape index (κ1) is 30.4. The lowest BCUT2D eigenvalue weighted by atomic mass is 10.0. The largest absolute Gasteiger partial charge is 0.489 e. The van der Waals surface area contributed by atoms with E-state index in [1.165, 1.54) is 25.7 Å². The van der Waals surface area contributed by atoms with Gasteiger partial charge in [-0.15, -0.1) is 0 Å². The molecule has 2 aromatic heterocycles. The number of methoxy groups -OCH3 is 1. The molecule has 14 heteroatoms. The third-order valence-electron chi connectivity index (χ3n) is 5.74. The Morgan fingerprint density at radius 2 is 1.79 bits per heavy atom. The molecule has 0 atom stereocenters. The molecule has 0 saturated carbocycles. The topological polar surface area (TPSA) is 142 Å². The van der Waals surface area contributed by atoms with Crippen LogP contribution >= 0.6 is 0 Å². The molecule has 4 aromatic rings. The number of nitrogens with one attached hydrogen (secondary N) is 2. The van der Waals surface area contributed by atoms with Crippen molar-refractivity contribution in [1.29, 1.82) is 0 Å². The highest BCUT2D eigenvalue weighted by Gasteiger charge is 2.23. The number of amides is 1. The maximum absolute atomic E-state index is 14.3. The second kappa shape index (κ2) is 12.1. The number of carbonyl (C=O) groups excluding carboxylic acids is 1. The molecule has 0 unspecified atom stereocenters. The monoisotopic (exact) mass is 601 g/mol. The van der Waals surface area contributed by atoms with E-state index in [1.807, 2.05) is 0 Å². The van der Waals surface area contributed by atoms with Crippen LogP contribution < -0.4 is 19.5 Å². The van der Waals surface area contributed by atoms with Crippen molar-refractivity contribution in [2.45, 2.75) is 38.2 Å². The molecule has 0 fully saturated rings. The Kier molecular flexibility index (Phi) is 8.75. The van der Waals surface area contributed by atoms with Crippen LogP contribution in [0.4, 0.5) is 19.3 Å². The number of anilines is 1. The lowest BCUT2D eigenvalue weighted by molar-refractivity contribution is 0.0520. The lowest BCUT2D eigenvalue weighted by Crippen LogP contribution is -2.34. The average Bonchev–Trinajstić information content (AvgIpc) is 2.90. The number of aryl methyl sites for hydroxylation is 1. The van der Waals surface area contributed by atoms with Crippen molar-refractivity contribution in [3.05, 3.63) is 66.3 Å². The first-order valence-corrected chi connectivity index (χ1v) is 14.1. The van der Waals surface area contributed by atoms with Gasteiger partial charge in [-0.05, 0) is 63.6 Å². The van der Waals surface area contributed by atoms with Gasteiger partial charge in [0.1, 0.15) is 52.0 Å². The minimum atomic E-state index is -4.48. The van der Waals surface area contributed by atoms with E-state index in [-0.39, 0.29) is 24.7 Å². The summed E-state index contributed by atoms with van der Waals surface area (Å²) >= 11 is 0. The van der Waals surface area contributed by atoms with Gasteiger partial charge in [0, 0.05) is 28.9 Å². The number of rotatable bonds is 9. The Morgan fingerprint density at radius 3 is 2.48 bits per heavy atom. The summed E-state index contributed by atoms with van der Waals surface area (Å²) in [7, 11) is -3.18. The standard InChI is InChI=1S/C28H29F2N5O6S/c1-16-20-10-17(12-23(25(20)34-15-33-16)40-9-8-31-27(36)41-28(2,3)4)18-11-22(26(39-5)32-14-18)35-42(37,38)24-7-6-19(29)13-21(24)30/h6-7,10-15,35H,8-9H2,1-5H3,(H,31,36). The molecule has 0 aliphatic heterocycles. The van der Waals surface area contributed by atoms with Gasteiger partial charge in [-0.2, -0.15) is 0 Å². The van der Waals surface area contributed by atoms with Crippen LogP contribution in [0.3, 0.4) is 0 Å². The van der Waals surface area contributed by atoms with Crippen molar-refractivity contribution in [2.75, 3.05) is 25.0 Å². The zero-order valence-electron chi connectivity index (χ0n) is 23.5. The van der Waals surface area contributed by atoms with Crippen LogP contribution in [-0.4, -0.2) is 55.3 Å². The summed E-state index contributed by atoms with van der Waals surface area (Å²) in [5.41, 5.74) is 1.49. The first-order valence-electron chi connectivity index (χ1n) is 12.6. The molecule has 0 aliphatic carbocycles. The smallest absolute Gasteiger partial charge is 0.407 e. The SMILES string of the molecule is COc1ncc(-c2cc(OCCNC(=O)OC(C)(C)C)c3ncnc(C)c3c2)cc1NS(=O)(=O)c1ccc(F)cc1F. The molecule has 4 rings (SSSR count). The summed E-state index contributed by atoms with van der Waals surface area (Å²) in [6, 6.07) is 7.07. The Morgan fingerprint density at radius 1 is 1.02 bits per heavy atom. The van der Waals surface area contributed by atoms with Gasteiger partial charge < -0.3 is 19.5 Å². The quantitative estimate of drug-likeness (QED) is 0.254. The van der Waals surface area contributed by atoms with Gasteiger partial charge in [0.25, 0.3) is 10.0 Å². The lowest BCUT2D eigenvalue weighted by Gasteiger charge is -2.19. The molecular formula is C28H29F2N5O6S. The molecule has 222 valence electrons. The molecule has 0 bridgehead atoms. The summed E-state index contributed by atoms with van der Waals surface area (Å²) in [4.78, 5) is 24.0. The van der Waals surface area contributed by atoms with Crippen molar-refractivity contribution in [2.24, 2.45) is 0 Å². The van der Waals surface area contributed by atoms with E-state index in [0.717, 1.165) is 12.1 Å². The van der Waals surface area contributed by atoms with E-state index in [0.29, 0.717) is 39.5 Å². The predicted octanol–water partition coefficient (Wildman–Crippen LogP) is 4.99. The number of nitrogens with zero attached hydrogens (tertiary/aromatic N) is 3. The predicted molar refractivity (Wildman–Crippen MR) is 151 cm³/mol. The van der Waals surface area contributed by atoms with Crippen LogP contribution in [-0.2, 0) is 14.8 Å². The van der Waals surface area contributed by atoms with Crippen LogP contribution in [0.25, 0.3) is 22.0 Å². The van der Waals surface area contributed by atoms with Gasteiger partial charge in [-0.3, -0.25) is 4.72 Å². The molecule has 0 radical (unpaired) electrons. The molecule has 0 saturated heterocycles. The number of halogens is 2. The number of ether oxygens (including phenoxy) is 3. The third-order valence-corrected chi connectivity index (χ3v) is 7.14. The molecule has 0 aliphatic rings. The zero-order valence-corrected chi connectivity index (χ0v) is 24.3. The molecule has 11 nitrogen and oxygen atoms in total. The Labute approximate surface area is 241 Å². The summed E-state index contributed by atoms with van der Waals surface area (Å²) in [6.07, 6.45) is 2.28. The highest BCUT2D eigenvalue weighted by atomic mass is 32.2. The van der Waals surface area contributed by atoms with Crippen LogP contribution in [0.2, 0.25) is 0 Å². The van der Waals surface area contributed by atoms with Crippen LogP contribution in [0, 0.1) is 18.6 Å². The van der Waals surface area contributed by atoms with Crippen LogP contribution in [0.5, 0.6) is 11.6 Å². The third kappa shape index (κ3) is 7.18. The maximum atomic E-state index is 14.3. The van der Waals surface area contributed by atoms with Crippen molar-refractivity contribution >= 4 is 32.7 Å². The fraction of sp³-hybridized carbons (Fsp3) is 0.286. The van der Waals surface area contributed by atoms with E-state index in [4.69, 9.17) is 14.2 Å². The molecule has 42 heavy (non-hydrogen) atoms. The van der Waals surface area contributed by atoms with Crippen molar-refractivity contribution in [3.8, 4) is 22.8 Å². The maximum Gasteiger partial charge on any atom is 0.407 e. The van der Waals surface area contributed by atoms with E-state index in [1.54, 1.807) is 39.8 Å². The van der Waals surface area contributed by atoms with Crippen molar-refractivity contribution < 1.29 is 36.2 Å². The fourth-order valence-corrected chi connectivity index (χ4v) is 5.01. The number of sulfonamides is 1. The number of fused-ring (bicyclic) bond motifs is 1. The molecule has 2 N–H and O–H groups in total. The summed E-state index contributed by atoms with van der Waals surface area (Å²) in [6.45, 7) is 7.32. The van der Waals surface area contributed by atoms with Gasteiger partial charge in [0.2, 0.25) is 5.88 Å². The number of hydrogen-bond donors (Lipinski definition) is 2. The number of hydrogen-bond acceptors (Lipinski definition) is 9. The Balaban J connectivity index is 1.66. The summed E-state index contributed by atoms with van der Waals surface area (Å²) in [5.74, 6) is -1.86. The normalized spacial score (nSPS) is 11.7. The zero-order chi connectivity index (χ0) is 30.7. The van der Waals surface area contributed by atoms with E-state index in [2.05, 4.69) is 25.0 Å². The molecule has 2 aromatic carbocycles. The molecule has 0 spiro atoms. The van der Waals surface area contributed by atoms with Crippen LogP contribution in [0.1, 0.15) is 26.5 Å². The summed E-state index contributed by atoms with van der Waals surface area (Å²) in [5, 5.41) is 3.29. The number of benzene rings is 2. The molecular weight excluding hydrogens is 572 g/mol. The van der Waals surface area contributed by atoms with E-state index in [9.17, 15) is 22.0 Å². The van der Waals surface area contributed by atoms with E-state index >= 15 is 0 Å². The van der Waals surface area contributed by atoms with Crippen molar-refractivity contribution in [3.63, 3.8) is 0 Å². The van der Waals surface area contributed by atoms with Crippen molar-refractivity contribution in [1.82, 2.24) is 20.3 Å². The highest BCUT2D eigenvalue weighted by Crippen LogP contribution is 2.35. The fourth-order valence-electron chi connectivity index (χ4n) is 3.90. The number of alkyl carbamates (subject to hydrolysis) is 1. The minimum Gasteiger partial charge on any atom is -0.489 e. The summed E-state index contributed by atoms with van der Waals surface area (Å²) < 4.78 is 72.2. The second-order valence-electron chi connectivity index (χ2n) is 10.1. The van der Waals surface area contributed by atoms with E-state index < -0.39 is 38.2 Å². The number of aromatic nitrogens is 3. The first-order chi connectivity index (χ1) is 19.8. The second-order valence-corrected chi connectivity index (χ2v) is 11.7. The van der Waals surface area contributed by atoms with Gasteiger partial charge in [0.05, 0.1) is 13.7 Å². The number of pyridine rings is 1. The van der Waals surface area contributed by atoms with Gasteiger partial charge in [0.15, 0.2) is 0 Å². The Hall–Kier alpha value is -4.59. The average molecular weight is 602 g/mol. The van der Waals surface area contributed by atoms with Gasteiger partial charge >= 0.3 is 6.09 Å². The number of carbonyl (C=O) groups is 1. The van der Waals surface area contributed by atoms with Crippen LogP contribution in [0.15, 0.2) is 53.8 Å². The van der Waals surface area contributed by atoms with Gasteiger partial charge in [-0.25, -0.2) is 36.9 Å². The molecule has 2 heterocycles.